The third kappa shape index (κ3) is 3.32. The van der Waals surface area contributed by atoms with Crippen LogP contribution in [0, 0.1) is 5.82 Å². The van der Waals surface area contributed by atoms with Crippen LogP contribution in [0.15, 0.2) is 48.5 Å². The van der Waals surface area contributed by atoms with Crippen molar-refractivity contribution >= 4 is 5.69 Å². The van der Waals surface area contributed by atoms with Gasteiger partial charge in [0.25, 0.3) is 0 Å². The van der Waals surface area contributed by atoms with Gasteiger partial charge in [0.2, 0.25) is 0 Å². The summed E-state index contributed by atoms with van der Waals surface area (Å²) in [6, 6.07) is 14.8. The van der Waals surface area contributed by atoms with Crippen molar-refractivity contribution in [3.05, 3.63) is 60.0 Å². The molecular formula is C20H22FN3. The van der Waals surface area contributed by atoms with Gasteiger partial charge in [0.1, 0.15) is 11.6 Å². The third-order valence-corrected chi connectivity index (χ3v) is 4.06. The van der Waals surface area contributed by atoms with Gasteiger partial charge in [-0.2, -0.15) is 0 Å². The van der Waals surface area contributed by atoms with E-state index in [2.05, 4.69) is 41.1 Å². The summed E-state index contributed by atoms with van der Waals surface area (Å²) < 4.78 is 13.1. The molecule has 124 valence electrons. The van der Waals surface area contributed by atoms with Crippen molar-refractivity contribution in [1.29, 1.82) is 0 Å². The summed E-state index contributed by atoms with van der Waals surface area (Å²) in [5.74, 6) is 0.545. The summed E-state index contributed by atoms with van der Waals surface area (Å²) in [6.07, 6.45) is 1.93. The Balaban J connectivity index is 2.01. The van der Waals surface area contributed by atoms with Gasteiger partial charge in [-0.3, -0.25) is 0 Å². The molecule has 1 N–H and O–H groups in total. The van der Waals surface area contributed by atoms with Crippen LogP contribution in [-0.2, 0) is 6.42 Å². The lowest BCUT2D eigenvalue weighted by molar-refractivity contribution is 0.628. The van der Waals surface area contributed by atoms with Gasteiger partial charge < -0.3 is 9.88 Å². The number of benzene rings is 2. The number of H-pyrrole nitrogens is 1. The number of imidazole rings is 1. The molecule has 3 aromatic rings. The van der Waals surface area contributed by atoms with Crippen LogP contribution >= 0.6 is 0 Å². The van der Waals surface area contributed by atoms with Crippen molar-refractivity contribution in [2.24, 2.45) is 0 Å². The minimum absolute atomic E-state index is 0.237. The van der Waals surface area contributed by atoms with Crippen LogP contribution in [-0.4, -0.2) is 24.1 Å². The normalized spacial score (nSPS) is 10.8. The maximum Gasteiger partial charge on any atom is 0.138 e. The molecule has 2 aromatic carbocycles. The molecule has 4 heteroatoms. The van der Waals surface area contributed by atoms with Gasteiger partial charge in [-0.25, -0.2) is 9.37 Å². The van der Waals surface area contributed by atoms with Crippen molar-refractivity contribution in [3.63, 3.8) is 0 Å². The molecule has 0 unspecified atom stereocenters. The first-order chi connectivity index (χ1) is 11.6. The van der Waals surface area contributed by atoms with Crippen LogP contribution in [0.2, 0.25) is 0 Å². The van der Waals surface area contributed by atoms with Crippen molar-refractivity contribution < 1.29 is 4.39 Å². The Hall–Kier alpha value is -2.62. The molecule has 0 fully saturated rings. The molecule has 3 nitrogen and oxygen atoms in total. The maximum atomic E-state index is 13.1. The van der Waals surface area contributed by atoms with Crippen molar-refractivity contribution in [3.8, 4) is 22.6 Å². The molecule has 0 spiro atoms. The smallest absolute Gasteiger partial charge is 0.138 e. The fourth-order valence-electron chi connectivity index (χ4n) is 2.74. The molecule has 1 heterocycles. The average Bonchev–Trinajstić information content (AvgIpc) is 3.00. The number of hydrogen-bond donors (Lipinski definition) is 1. The number of aryl methyl sites for hydroxylation is 1. The van der Waals surface area contributed by atoms with E-state index in [1.807, 2.05) is 14.1 Å². The number of aromatic nitrogens is 2. The van der Waals surface area contributed by atoms with Crippen LogP contribution in [0.5, 0.6) is 0 Å². The molecule has 24 heavy (non-hydrogen) atoms. The molecule has 0 aliphatic carbocycles. The number of rotatable bonds is 5. The van der Waals surface area contributed by atoms with E-state index in [1.165, 1.54) is 12.1 Å². The molecule has 1 aromatic heterocycles. The topological polar surface area (TPSA) is 31.9 Å². The first-order valence-corrected chi connectivity index (χ1v) is 8.21. The number of aromatic amines is 1. The van der Waals surface area contributed by atoms with Gasteiger partial charge >= 0.3 is 0 Å². The summed E-state index contributed by atoms with van der Waals surface area (Å²) in [5, 5.41) is 0. The lowest BCUT2D eigenvalue weighted by atomic mass is 10.1. The number of nitrogens with zero attached hydrogens (tertiary/aromatic N) is 2. The number of nitrogens with one attached hydrogen (secondary N) is 1. The predicted molar refractivity (Wildman–Crippen MR) is 97.7 cm³/mol. The highest BCUT2D eigenvalue weighted by Gasteiger charge is 2.13. The monoisotopic (exact) mass is 323 g/mol. The fraction of sp³-hybridized carbons (Fsp3) is 0.250. The lowest BCUT2D eigenvalue weighted by Gasteiger charge is -2.12. The van der Waals surface area contributed by atoms with Crippen LogP contribution < -0.4 is 4.90 Å². The quantitative estimate of drug-likeness (QED) is 0.724. The highest BCUT2D eigenvalue weighted by molar-refractivity contribution is 5.69. The van der Waals surface area contributed by atoms with E-state index in [9.17, 15) is 4.39 Å². The molecule has 0 saturated carbocycles. The van der Waals surface area contributed by atoms with Gasteiger partial charge in [-0.05, 0) is 48.4 Å². The van der Waals surface area contributed by atoms with E-state index in [4.69, 9.17) is 4.98 Å². The van der Waals surface area contributed by atoms with E-state index in [0.29, 0.717) is 0 Å². The second-order valence-electron chi connectivity index (χ2n) is 6.11. The Labute approximate surface area is 142 Å². The van der Waals surface area contributed by atoms with E-state index in [1.54, 1.807) is 12.1 Å². The van der Waals surface area contributed by atoms with Crippen LogP contribution in [0.4, 0.5) is 10.1 Å². The Morgan fingerprint density at radius 3 is 2.17 bits per heavy atom. The minimum Gasteiger partial charge on any atom is -0.378 e. The van der Waals surface area contributed by atoms with Gasteiger partial charge in [0, 0.05) is 25.3 Å². The highest BCUT2D eigenvalue weighted by atomic mass is 19.1. The van der Waals surface area contributed by atoms with E-state index >= 15 is 0 Å². The van der Waals surface area contributed by atoms with Crippen LogP contribution in [0.3, 0.4) is 0 Å². The third-order valence-electron chi connectivity index (χ3n) is 4.06. The summed E-state index contributed by atoms with van der Waals surface area (Å²) >= 11 is 0. The zero-order chi connectivity index (χ0) is 17.1. The van der Waals surface area contributed by atoms with Gasteiger partial charge in [-0.1, -0.05) is 25.5 Å². The van der Waals surface area contributed by atoms with Crippen LogP contribution in [0.1, 0.15) is 19.0 Å². The van der Waals surface area contributed by atoms with Gasteiger partial charge in [0.15, 0.2) is 0 Å². The molecule has 0 amide bonds. The van der Waals surface area contributed by atoms with Gasteiger partial charge in [-0.15, -0.1) is 0 Å². The Morgan fingerprint density at radius 2 is 1.58 bits per heavy atom. The summed E-state index contributed by atoms with van der Waals surface area (Å²) in [7, 11) is 4.06. The number of anilines is 1. The van der Waals surface area contributed by atoms with Gasteiger partial charge in [0.05, 0.1) is 11.4 Å². The first-order valence-electron chi connectivity index (χ1n) is 8.21. The molecule has 0 atom stereocenters. The second kappa shape index (κ2) is 6.87. The van der Waals surface area contributed by atoms with Crippen molar-refractivity contribution in [1.82, 2.24) is 9.97 Å². The minimum atomic E-state index is -0.237. The molecule has 0 aliphatic heterocycles. The molecule has 0 saturated heterocycles. The zero-order valence-electron chi connectivity index (χ0n) is 14.3. The predicted octanol–water partition coefficient (Wildman–Crippen LogP) is 4.90. The fourth-order valence-corrected chi connectivity index (χ4v) is 2.74. The molecule has 0 aliphatic rings. The Morgan fingerprint density at radius 1 is 0.958 bits per heavy atom. The van der Waals surface area contributed by atoms with Crippen molar-refractivity contribution in [2.75, 3.05) is 19.0 Å². The summed E-state index contributed by atoms with van der Waals surface area (Å²) in [6.45, 7) is 2.14. The largest absolute Gasteiger partial charge is 0.378 e. The Bertz CT molecular complexity index is 802. The number of hydrogen-bond acceptors (Lipinski definition) is 2. The summed E-state index contributed by atoms with van der Waals surface area (Å²) in [4.78, 5) is 10.2. The average molecular weight is 323 g/mol. The zero-order valence-corrected chi connectivity index (χ0v) is 14.3. The highest BCUT2D eigenvalue weighted by Crippen LogP contribution is 2.28. The van der Waals surface area contributed by atoms with E-state index < -0.39 is 0 Å². The van der Waals surface area contributed by atoms with E-state index in [0.717, 1.165) is 46.9 Å². The molecule has 0 bridgehead atoms. The van der Waals surface area contributed by atoms with Crippen LogP contribution in [0.25, 0.3) is 22.6 Å². The summed E-state index contributed by atoms with van der Waals surface area (Å²) in [5.41, 5.74) is 5.26. The molecule has 0 radical (unpaired) electrons. The Kier molecular flexibility index (Phi) is 4.65. The maximum absolute atomic E-state index is 13.1. The molecular weight excluding hydrogens is 301 g/mol. The lowest BCUT2D eigenvalue weighted by Crippen LogP contribution is -2.07. The first kappa shape index (κ1) is 16.2. The second-order valence-corrected chi connectivity index (χ2v) is 6.11. The number of halogens is 1. The SMILES string of the molecule is CCCc1nc(-c2ccc(F)cc2)[nH]c1-c1ccc(N(C)C)cc1. The molecule has 3 rings (SSSR count). The standard InChI is InChI=1S/C20H22FN3/c1-4-5-18-19(14-8-12-17(13-9-14)24(2)3)23-20(22-18)15-6-10-16(21)11-7-15/h6-13H,4-5H2,1-3H3,(H,22,23). The van der Waals surface area contributed by atoms with E-state index in [-0.39, 0.29) is 5.82 Å². The van der Waals surface area contributed by atoms with Crippen molar-refractivity contribution in [2.45, 2.75) is 19.8 Å².